The number of carbonyl (C=O) groups excluding carboxylic acids is 1. The molecule has 0 aliphatic heterocycles. The van der Waals surface area contributed by atoms with Crippen molar-refractivity contribution in [3.63, 3.8) is 0 Å². The van der Waals surface area contributed by atoms with Crippen LogP contribution >= 0.6 is 27.5 Å². The number of fused-ring (bicyclic) bond motifs is 1. The normalized spacial score (nSPS) is 11.1. The first-order valence-corrected chi connectivity index (χ1v) is 8.63. The molecule has 0 fully saturated rings. The molecular weight excluding hydrogens is 424 g/mol. The van der Waals surface area contributed by atoms with Crippen LogP contribution in [0.2, 0.25) is 5.02 Å². The Labute approximate surface area is 162 Å². The number of hydrazone groups is 1. The summed E-state index contributed by atoms with van der Waals surface area (Å²) >= 11 is 9.55. The maximum Gasteiger partial charge on any atom is 0.307 e. The molecule has 1 heterocycles. The van der Waals surface area contributed by atoms with Crippen molar-refractivity contribution in [3.05, 3.63) is 57.2 Å². The fourth-order valence-corrected chi connectivity index (χ4v) is 2.89. The average molecular weight is 438 g/mol. The highest BCUT2D eigenvalue weighted by molar-refractivity contribution is 9.10. The van der Waals surface area contributed by atoms with Gasteiger partial charge in [-0.3, -0.25) is 4.79 Å². The maximum atomic E-state index is 12.2. The molecule has 3 rings (SSSR count). The monoisotopic (exact) mass is 436 g/mol. The number of rotatable bonds is 5. The van der Waals surface area contributed by atoms with Gasteiger partial charge in [0, 0.05) is 21.5 Å². The van der Waals surface area contributed by atoms with Gasteiger partial charge in [0.15, 0.2) is 17.3 Å². The Hall–Kier alpha value is -2.51. The number of carbonyl (C=O) groups is 1. The molecule has 2 aromatic carbocycles. The highest BCUT2D eigenvalue weighted by atomic mass is 79.9. The molecule has 26 heavy (non-hydrogen) atoms. The third kappa shape index (κ3) is 3.84. The van der Waals surface area contributed by atoms with Crippen molar-refractivity contribution in [1.82, 2.24) is 5.43 Å². The van der Waals surface area contributed by atoms with Crippen LogP contribution < -0.4 is 14.9 Å². The zero-order valence-corrected chi connectivity index (χ0v) is 16.2. The van der Waals surface area contributed by atoms with E-state index in [0.29, 0.717) is 27.7 Å². The standard InChI is InChI=1S/C18H14BrClN2O4/c1-24-15-7-11(13(20)8-16(15)25-2)9-21-22-18(23)17-6-10-5-12(19)3-4-14(10)26-17/h3-9H,1-2H3,(H,22,23)/b21-9+. The summed E-state index contributed by atoms with van der Waals surface area (Å²) in [5.41, 5.74) is 3.59. The van der Waals surface area contributed by atoms with Crippen LogP contribution in [0, 0.1) is 0 Å². The van der Waals surface area contributed by atoms with Gasteiger partial charge in [-0.2, -0.15) is 5.10 Å². The van der Waals surface area contributed by atoms with E-state index in [0.717, 1.165) is 9.86 Å². The van der Waals surface area contributed by atoms with E-state index in [-0.39, 0.29) is 5.76 Å². The van der Waals surface area contributed by atoms with Crippen LogP contribution in [-0.2, 0) is 0 Å². The van der Waals surface area contributed by atoms with Gasteiger partial charge in [0.2, 0.25) is 0 Å². The Kier molecular flexibility index (Phi) is 5.49. The smallest absolute Gasteiger partial charge is 0.307 e. The molecule has 0 bridgehead atoms. The SMILES string of the molecule is COc1cc(Cl)c(/C=N/NC(=O)c2cc3cc(Br)ccc3o2)cc1OC. The fourth-order valence-electron chi connectivity index (χ4n) is 2.31. The number of amides is 1. The number of ether oxygens (including phenoxy) is 2. The van der Waals surface area contributed by atoms with Gasteiger partial charge in [0.25, 0.3) is 0 Å². The van der Waals surface area contributed by atoms with E-state index in [1.807, 2.05) is 12.1 Å². The Balaban J connectivity index is 1.76. The predicted molar refractivity (Wildman–Crippen MR) is 104 cm³/mol. The van der Waals surface area contributed by atoms with Crippen LogP contribution in [-0.4, -0.2) is 26.3 Å². The third-order valence-corrected chi connectivity index (χ3v) is 4.40. The lowest BCUT2D eigenvalue weighted by molar-refractivity contribution is 0.0929. The van der Waals surface area contributed by atoms with Gasteiger partial charge in [0.05, 0.1) is 25.5 Å². The van der Waals surface area contributed by atoms with Crippen LogP contribution in [0.4, 0.5) is 0 Å². The number of methoxy groups -OCH3 is 2. The Bertz CT molecular complexity index is 1000. The maximum absolute atomic E-state index is 12.2. The Morgan fingerprint density at radius 2 is 1.92 bits per heavy atom. The zero-order chi connectivity index (χ0) is 18.7. The van der Waals surface area contributed by atoms with Crippen molar-refractivity contribution in [3.8, 4) is 11.5 Å². The highest BCUT2D eigenvalue weighted by Gasteiger charge is 2.12. The molecular formula is C18H14BrClN2O4. The second kappa shape index (κ2) is 7.80. The second-order valence-electron chi connectivity index (χ2n) is 5.22. The highest BCUT2D eigenvalue weighted by Crippen LogP contribution is 2.32. The lowest BCUT2D eigenvalue weighted by Gasteiger charge is -2.09. The van der Waals surface area contributed by atoms with Crippen molar-refractivity contribution in [2.75, 3.05) is 14.2 Å². The van der Waals surface area contributed by atoms with E-state index in [4.69, 9.17) is 25.5 Å². The van der Waals surface area contributed by atoms with Crippen molar-refractivity contribution < 1.29 is 18.7 Å². The molecule has 0 saturated carbocycles. The summed E-state index contributed by atoms with van der Waals surface area (Å²) in [4.78, 5) is 12.2. The summed E-state index contributed by atoms with van der Waals surface area (Å²) < 4.78 is 16.8. The minimum absolute atomic E-state index is 0.161. The van der Waals surface area contributed by atoms with Crippen molar-refractivity contribution in [2.24, 2.45) is 5.10 Å². The van der Waals surface area contributed by atoms with Crippen LogP contribution in [0.5, 0.6) is 11.5 Å². The van der Waals surface area contributed by atoms with E-state index in [9.17, 15) is 4.79 Å². The number of nitrogens with one attached hydrogen (secondary N) is 1. The molecule has 0 spiro atoms. The van der Waals surface area contributed by atoms with Gasteiger partial charge in [-0.05, 0) is 30.3 Å². The Morgan fingerprint density at radius 3 is 2.65 bits per heavy atom. The average Bonchev–Trinajstić information content (AvgIpc) is 3.05. The minimum Gasteiger partial charge on any atom is -0.493 e. The number of furan rings is 1. The summed E-state index contributed by atoms with van der Waals surface area (Å²) in [5, 5.41) is 5.15. The van der Waals surface area contributed by atoms with Gasteiger partial charge in [-0.25, -0.2) is 5.43 Å². The molecule has 0 radical (unpaired) electrons. The molecule has 0 atom stereocenters. The Morgan fingerprint density at radius 1 is 1.19 bits per heavy atom. The lowest BCUT2D eigenvalue weighted by Crippen LogP contribution is -2.16. The summed E-state index contributed by atoms with van der Waals surface area (Å²) in [6.45, 7) is 0. The van der Waals surface area contributed by atoms with E-state index in [1.54, 1.807) is 24.3 Å². The molecule has 0 aliphatic rings. The van der Waals surface area contributed by atoms with Crippen LogP contribution in [0.15, 0.2) is 50.4 Å². The molecule has 0 aliphatic carbocycles. The first-order chi connectivity index (χ1) is 12.5. The molecule has 1 aromatic heterocycles. The molecule has 6 nitrogen and oxygen atoms in total. The van der Waals surface area contributed by atoms with Gasteiger partial charge in [-0.1, -0.05) is 27.5 Å². The fraction of sp³-hybridized carbons (Fsp3) is 0.111. The predicted octanol–water partition coefficient (Wildman–Crippen LogP) is 4.63. The van der Waals surface area contributed by atoms with E-state index < -0.39 is 5.91 Å². The molecule has 134 valence electrons. The topological polar surface area (TPSA) is 73.1 Å². The number of nitrogens with zero attached hydrogens (tertiary/aromatic N) is 1. The lowest BCUT2D eigenvalue weighted by atomic mass is 10.2. The van der Waals surface area contributed by atoms with Crippen molar-refractivity contribution in [2.45, 2.75) is 0 Å². The first-order valence-electron chi connectivity index (χ1n) is 7.46. The summed E-state index contributed by atoms with van der Waals surface area (Å²) in [5.74, 6) is 0.707. The number of halogens is 2. The summed E-state index contributed by atoms with van der Waals surface area (Å²) in [7, 11) is 3.04. The van der Waals surface area contributed by atoms with Crippen LogP contribution in [0.1, 0.15) is 16.1 Å². The third-order valence-electron chi connectivity index (χ3n) is 3.57. The first kappa shape index (κ1) is 18.3. The van der Waals surface area contributed by atoms with Crippen molar-refractivity contribution in [1.29, 1.82) is 0 Å². The molecule has 1 N–H and O–H groups in total. The van der Waals surface area contributed by atoms with Crippen LogP contribution in [0.25, 0.3) is 11.0 Å². The van der Waals surface area contributed by atoms with Gasteiger partial charge in [0.1, 0.15) is 5.58 Å². The van der Waals surface area contributed by atoms with E-state index in [1.165, 1.54) is 20.4 Å². The molecule has 0 unspecified atom stereocenters. The summed E-state index contributed by atoms with van der Waals surface area (Å²) in [6, 6.07) is 10.4. The minimum atomic E-state index is -0.467. The van der Waals surface area contributed by atoms with Crippen LogP contribution in [0.3, 0.4) is 0 Å². The van der Waals surface area contributed by atoms with E-state index in [2.05, 4.69) is 26.5 Å². The molecule has 1 amide bonds. The van der Waals surface area contributed by atoms with Gasteiger partial charge >= 0.3 is 5.91 Å². The number of hydrogen-bond donors (Lipinski definition) is 1. The largest absolute Gasteiger partial charge is 0.493 e. The quantitative estimate of drug-likeness (QED) is 0.466. The number of hydrogen-bond acceptors (Lipinski definition) is 5. The zero-order valence-electron chi connectivity index (χ0n) is 13.9. The molecule has 0 saturated heterocycles. The summed E-state index contributed by atoms with van der Waals surface area (Å²) in [6.07, 6.45) is 1.42. The van der Waals surface area contributed by atoms with Crippen molar-refractivity contribution >= 4 is 50.6 Å². The van der Waals surface area contributed by atoms with E-state index >= 15 is 0 Å². The number of benzene rings is 2. The van der Waals surface area contributed by atoms with Gasteiger partial charge in [-0.15, -0.1) is 0 Å². The van der Waals surface area contributed by atoms with Gasteiger partial charge < -0.3 is 13.9 Å². The molecule has 3 aromatic rings. The molecule has 8 heteroatoms. The second-order valence-corrected chi connectivity index (χ2v) is 6.54.